The maximum atomic E-state index is 12.9. The van der Waals surface area contributed by atoms with E-state index in [4.69, 9.17) is 18.9 Å². The molecule has 10 nitrogen and oxygen atoms in total. The number of hydrogen-bond donors (Lipinski definition) is 3. The number of aliphatic hydroxyl groups excluding tert-OH is 2. The van der Waals surface area contributed by atoms with Crippen molar-refractivity contribution in [2.45, 2.75) is 155 Å². The van der Waals surface area contributed by atoms with E-state index < -0.39 is 18.4 Å². The van der Waals surface area contributed by atoms with Gasteiger partial charge in [0.15, 0.2) is 12.5 Å². The fourth-order valence-corrected chi connectivity index (χ4v) is 14.2. The van der Waals surface area contributed by atoms with Crippen LogP contribution in [0.5, 0.6) is 0 Å². The molecule has 2 heterocycles. The summed E-state index contributed by atoms with van der Waals surface area (Å²) in [6, 6.07) is 0. The molecule has 8 aliphatic rings. The van der Waals surface area contributed by atoms with Gasteiger partial charge in [-0.2, -0.15) is 0 Å². The van der Waals surface area contributed by atoms with Gasteiger partial charge in [0.2, 0.25) is 5.91 Å². The SMILES string of the molecule is CC(O)C(NCC1C[C@@H](C)[C@H]2C(O1)[C@H](O)[C@@]1(C)C3CC[C@H]4C(C)(C)C(O[C@H]5CN(C(=O)CC6CC6)CCO5)CC[C@@]45C[C@@]35CC[C@]21C)OC=O. The third kappa shape index (κ3) is 5.14. The van der Waals surface area contributed by atoms with Crippen LogP contribution in [0.3, 0.4) is 0 Å². The molecule has 2 spiro atoms. The van der Waals surface area contributed by atoms with E-state index in [1.165, 1.54) is 32.1 Å². The van der Waals surface area contributed by atoms with Crippen molar-refractivity contribution >= 4 is 12.4 Å². The summed E-state index contributed by atoms with van der Waals surface area (Å²) in [5.41, 5.74) is 0.300. The zero-order chi connectivity index (χ0) is 35.4. The summed E-state index contributed by atoms with van der Waals surface area (Å²) in [7, 11) is 0. The van der Waals surface area contributed by atoms with Gasteiger partial charge in [0.1, 0.15) is 6.10 Å². The molecule has 6 unspecified atom stereocenters. The van der Waals surface area contributed by atoms with E-state index in [2.05, 4.69) is 39.9 Å². The molecule has 50 heavy (non-hydrogen) atoms. The van der Waals surface area contributed by atoms with Crippen LogP contribution in [0.25, 0.3) is 0 Å². The lowest BCUT2D eigenvalue weighted by molar-refractivity contribution is -0.248. The Morgan fingerprint density at radius 1 is 1.06 bits per heavy atom. The molecule has 0 radical (unpaired) electrons. The van der Waals surface area contributed by atoms with E-state index in [-0.39, 0.29) is 58.1 Å². The Bertz CT molecular complexity index is 1320. The molecule has 1 amide bonds. The molecule has 6 aliphatic carbocycles. The number of carbonyl (C=O) groups is 2. The Morgan fingerprint density at radius 3 is 2.52 bits per heavy atom. The average Bonchev–Trinajstić information content (AvgIpc) is 3.99. The second-order valence-electron chi connectivity index (χ2n) is 19.4. The van der Waals surface area contributed by atoms with Gasteiger partial charge in [-0.05, 0) is 122 Å². The molecule has 2 aliphatic heterocycles. The third-order valence-corrected chi connectivity index (χ3v) is 16.9. The molecule has 10 heteroatoms. The fraction of sp³-hybridized carbons (Fsp3) is 0.950. The Morgan fingerprint density at radius 2 is 1.80 bits per heavy atom. The smallest absolute Gasteiger partial charge is 0.294 e. The Balaban J connectivity index is 0.971. The number of rotatable bonds is 10. The number of amides is 1. The standard InChI is InChI=1S/C40H64N2O8/c1-23-17-26(19-41-35(24(2)44)48-22-43)49-33-32(23)37(5)13-14-40-21-39(40)12-11-29(36(3,4)27(39)9-10-28(40)38(37,6)34(33)46)50-31-20-42(15-16-47-31)30(45)18-25-7-8-25/h22-29,31-35,41,44,46H,7-21H2,1-6H3/t23-,24?,26?,27+,28?,29?,31+,32+,33?,34+,35?,37-,38-,39-,40+/m1/s1. The van der Waals surface area contributed by atoms with E-state index >= 15 is 0 Å². The quantitative estimate of drug-likeness (QED) is 0.221. The van der Waals surface area contributed by atoms with Crippen LogP contribution in [0, 0.1) is 56.7 Å². The molecule has 2 saturated heterocycles. The van der Waals surface area contributed by atoms with Gasteiger partial charge < -0.3 is 34.1 Å². The second-order valence-corrected chi connectivity index (χ2v) is 19.4. The van der Waals surface area contributed by atoms with E-state index in [0.29, 0.717) is 68.2 Å². The highest BCUT2D eigenvalue weighted by atomic mass is 16.7. The molecule has 8 fully saturated rings. The predicted molar refractivity (Wildman–Crippen MR) is 185 cm³/mol. The van der Waals surface area contributed by atoms with Crippen LogP contribution in [-0.4, -0.2) is 96.8 Å². The highest BCUT2D eigenvalue weighted by Gasteiger charge is 2.84. The number of morpholine rings is 1. The van der Waals surface area contributed by atoms with Gasteiger partial charge >= 0.3 is 0 Å². The van der Waals surface area contributed by atoms with Crippen molar-refractivity contribution in [3.05, 3.63) is 0 Å². The highest BCUT2D eigenvalue weighted by molar-refractivity contribution is 5.76. The number of ether oxygens (including phenoxy) is 4. The van der Waals surface area contributed by atoms with Crippen molar-refractivity contribution in [1.82, 2.24) is 10.2 Å². The Labute approximate surface area is 299 Å². The third-order valence-electron chi connectivity index (χ3n) is 16.9. The zero-order valence-corrected chi connectivity index (χ0v) is 31.4. The van der Waals surface area contributed by atoms with Crippen molar-refractivity contribution in [2.24, 2.45) is 56.7 Å². The van der Waals surface area contributed by atoms with Crippen molar-refractivity contribution in [1.29, 1.82) is 0 Å². The van der Waals surface area contributed by atoms with Crippen molar-refractivity contribution in [2.75, 3.05) is 26.2 Å². The first kappa shape index (κ1) is 35.7. The van der Waals surface area contributed by atoms with Crippen LogP contribution in [0.4, 0.5) is 0 Å². The molecular weight excluding hydrogens is 636 g/mol. The summed E-state index contributed by atoms with van der Waals surface area (Å²) >= 11 is 0. The largest absolute Gasteiger partial charge is 0.446 e. The number of hydrogen-bond acceptors (Lipinski definition) is 9. The van der Waals surface area contributed by atoms with E-state index in [1.807, 2.05) is 4.90 Å². The topological polar surface area (TPSA) is 127 Å². The molecule has 8 rings (SSSR count). The van der Waals surface area contributed by atoms with Gasteiger partial charge in [-0.3, -0.25) is 14.9 Å². The van der Waals surface area contributed by atoms with Crippen LogP contribution in [0.2, 0.25) is 0 Å². The van der Waals surface area contributed by atoms with Crippen LogP contribution in [0.15, 0.2) is 0 Å². The molecule has 6 saturated carbocycles. The van der Waals surface area contributed by atoms with Crippen molar-refractivity contribution in [3.63, 3.8) is 0 Å². The van der Waals surface area contributed by atoms with Crippen molar-refractivity contribution < 1.29 is 38.7 Å². The lowest BCUT2D eigenvalue weighted by Crippen LogP contribution is -2.60. The van der Waals surface area contributed by atoms with Gasteiger partial charge in [0, 0.05) is 24.9 Å². The molecule has 282 valence electrons. The summed E-state index contributed by atoms with van der Waals surface area (Å²) in [6.07, 6.45) is 9.25. The van der Waals surface area contributed by atoms with Crippen molar-refractivity contribution in [3.8, 4) is 0 Å². The zero-order valence-electron chi connectivity index (χ0n) is 31.4. The number of fused-ring (bicyclic) bond motifs is 4. The van der Waals surface area contributed by atoms with E-state index in [9.17, 15) is 19.8 Å². The number of nitrogens with zero attached hydrogens (tertiary/aromatic N) is 1. The maximum Gasteiger partial charge on any atom is 0.294 e. The molecule has 0 aromatic carbocycles. The minimum atomic E-state index is -0.839. The predicted octanol–water partition coefficient (Wildman–Crippen LogP) is 4.64. The number of aliphatic hydroxyl groups is 2. The van der Waals surface area contributed by atoms with Gasteiger partial charge in [0.05, 0.1) is 37.6 Å². The first-order valence-corrected chi connectivity index (χ1v) is 20.1. The second kappa shape index (κ2) is 12.4. The van der Waals surface area contributed by atoms with Crippen LogP contribution >= 0.6 is 0 Å². The first-order valence-electron chi connectivity index (χ1n) is 20.1. The van der Waals surface area contributed by atoms with E-state index in [0.717, 1.165) is 32.1 Å². The van der Waals surface area contributed by atoms with Gasteiger partial charge in [0.25, 0.3) is 6.47 Å². The summed E-state index contributed by atoms with van der Waals surface area (Å²) in [6.45, 7) is 16.3. The Kier molecular flexibility index (Phi) is 8.84. The summed E-state index contributed by atoms with van der Waals surface area (Å²) in [5, 5.41) is 25.8. The van der Waals surface area contributed by atoms with E-state index in [1.54, 1.807) is 6.92 Å². The lowest BCUT2D eigenvalue weighted by Gasteiger charge is -2.64. The van der Waals surface area contributed by atoms with Crippen LogP contribution in [0.1, 0.15) is 112 Å². The van der Waals surface area contributed by atoms with Crippen LogP contribution < -0.4 is 5.32 Å². The molecular formula is C40H64N2O8. The molecule has 3 N–H and O–H groups in total. The maximum absolute atomic E-state index is 12.9. The van der Waals surface area contributed by atoms with Gasteiger partial charge in [-0.25, -0.2) is 0 Å². The Hall–Kier alpha value is -1.30. The fourth-order valence-electron chi connectivity index (χ4n) is 14.2. The minimum absolute atomic E-state index is 0.00432. The lowest BCUT2D eigenvalue weighted by atomic mass is 9.41. The average molecular weight is 701 g/mol. The summed E-state index contributed by atoms with van der Waals surface area (Å²) in [4.78, 5) is 25.9. The number of carbonyl (C=O) groups excluding carboxylic acids is 2. The molecule has 15 atom stereocenters. The first-order chi connectivity index (χ1) is 23.7. The highest BCUT2D eigenvalue weighted by Crippen LogP contribution is 2.89. The molecule has 0 aromatic rings. The number of nitrogens with one attached hydrogen (secondary N) is 1. The monoisotopic (exact) mass is 700 g/mol. The summed E-state index contributed by atoms with van der Waals surface area (Å²) < 4.78 is 24.9. The van der Waals surface area contributed by atoms with Gasteiger partial charge in [-0.1, -0.05) is 34.6 Å². The normalized spacial score (nSPS) is 50.1. The summed E-state index contributed by atoms with van der Waals surface area (Å²) in [5.74, 6) is 2.54. The minimum Gasteiger partial charge on any atom is -0.446 e. The van der Waals surface area contributed by atoms with Crippen LogP contribution in [-0.2, 0) is 28.5 Å². The molecule has 0 aromatic heterocycles. The molecule has 0 bridgehead atoms. The van der Waals surface area contributed by atoms with Gasteiger partial charge in [-0.15, -0.1) is 0 Å².